The van der Waals surface area contributed by atoms with Gasteiger partial charge in [-0.3, -0.25) is 4.90 Å². The summed E-state index contributed by atoms with van der Waals surface area (Å²) in [5.74, 6) is -0.190. The summed E-state index contributed by atoms with van der Waals surface area (Å²) in [4.78, 5) is 2.23. The highest BCUT2D eigenvalue weighted by Gasteiger charge is 2.31. The van der Waals surface area contributed by atoms with Crippen molar-refractivity contribution in [2.24, 2.45) is 0 Å². The van der Waals surface area contributed by atoms with Gasteiger partial charge in [0.2, 0.25) is 0 Å². The molecule has 1 aliphatic rings. The van der Waals surface area contributed by atoms with Crippen LogP contribution in [0, 0.1) is 0 Å². The van der Waals surface area contributed by atoms with Gasteiger partial charge in [0.25, 0.3) is 0 Å². The van der Waals surface area contributed by atoms with E-state index in [1.807, 2.05) is 13.8 Å². The highest BCUT2D eigenvalue weighted by molar-refractivity contribution is 5.27. The average molecular weight is 289 g/mol. The van der Waals surface area contributed by atoms with Crippen molar-refractivity contribution in [2.75, 3.05) is 13.1 Å². The van der Waals surface area contributed by atoms with E-state index in [0.29, 0.717) is 6.54 Å². The summed E-state index contributed by atoms with van der Waals surface area (Å²) in [6, 6.07) is 6.00. The molecule has 6 heteroatoms. The Kier molecular flexibility index (Phi) is 4.55. The lowest BCUT2D eigenvalue weighted by molar-refractivity contribution is -0.274. The maximum absolute atomic E-state index is 12.1. The van der Waals surface area contributed by atoms with Crippen LogP contribution in [0.5, 0.6) is 5.75 Å². The third kappa shape index (κ3) is 4.68. The summed E-state index contributed by atoms with van der Waals surface area (Å²) in [6.45, 7) is 6.38. The van der Waals surface area contributed by atoms with Crippen molar-refractivity contribution in [1.29, 1.82) is 0 Å². The Hall–Kier alpha value is -1.27. The lowest BCUT2D eigenvalue weighted by atomic mass is 10.1. The summed E-state index contributed by atoms with van der Waals surface area (Å²) < 4.78 is 45.7. The molecule has 0 unspecified atom stereocenters. The first kappa shape index (κ1) is 15.1. The SMILES string of the molecule is C[C@@H]1CN(Cc2ccc(OC(F)(F)F)cc2)C[C@H](C)O1. The Labute approximate surface area is 116 Å². The quantitative estimate of drug-likeness (QED) is 0.853. The molecule has 1 aromatic rings. The average Bonchev–Trinajstić information content (AvgIpc) is 2.28. The zero-order chi connectivity index (χ0) is 14.8. The monoisotopic (exact) mass is 289 g/mol. The number of morpholine rings is 1. The largest absolute Gasteiger partial charge is 0.573 e. The summed E-state index contributed by atoms with van der Waals surface area (Å²) in [7, 11) is 0. The van der Waals surface area contributed by atoms with Gasteiger partial charge < -0.3 is 9.47 Å². The van der Waals surface area contributed by atoms with E-state index in [-0.39, 0.29) is 18.0 Å². The standard InChI is InChI=1S/C14H18F3NO2/c1-10-7-18(8-11(2)19-10)9-12-3-5-13(6-4-12)20-14(15,16)17/h3-6,10-11H,7-9H2,1-2H3/t10-,11+. The molecule has 0 saturated carbocycles. The molecule has 0 N–H and O–H groups in total. The molecule has 2 rings (SSSR count). The second kappa shape index (κ2) is 6.01. The Balaban J connectivity index is 1.93. The van der Waals surface area contributed by atoms with E-state index in [2.05, 4.69) is 9.64 Å². The van der Waals surface area contributed by atoms with Crippen LogP contribution in [0.15, 0.2) is 24.3 Å². The Morgan fingerprint density at radius 1 is 1.15 bits per heavy atom. The van der Waals surface area contributed by atoms with Crippen LogP contribution in [0.4, 0.5) is 13.2 Å². The Morgan fingerprint density at radius 3 is 2.20 bits per heavy atom. The van der Waals surface area contributed by atoms with Crippen LogP contribution < -0.4 is 4.74 Å². The van der Waals surface area contributed by atoms with Gasteiger partial charge in [0.15, 0.2) is 0 Å². The number of rotatable bonds is 3. The number of nitrogens with zero attached hydrogens (tertiary/aromatic N) is 1. The first-order valence-electron chi connectivity index (χ1n) is 6.54. The predicted molar refractivity (Wildman–Crippen MR) is 68.4 cm³/mol. The number of hydrogen-bond acceptors (Lipinski definition) is 3. The molecule has 0 amide bonds. The second-order valence-corrected chi connectivity index (χ2v) is 5.14. The summed E-state index contributed by atoms with van der Waals surface area (Å²) >= 11 is 0. The van der Waals surface area contributed by atoms with E-state index in [1.54, 1.807) is 12.1 Å². The molecule has 1 fully saturated rings. The van der Waals surface area contributed by atoms with E-state index in [4.69, 9.17) is 4.74 Å². The van der Waals surface area contributed by atoms with Crippen molar-refractivity contribution in [3.8, 4) is 5.75 Å². The van der Waals surface area contributed by atoms with Crippen molar-refractivity contribution in [1.82, 2.24) is 4.90 Å². The molecule has 3 nitrogen and oxygen atoms in total. The smallest absolute Gasteiger partial charge is 0.406 e. The summed E-state index contributed by atoms with van der Waals surface area (Å²) in [6.07, 6.45) is -4.30. The molecular formula is C14H18F3NO2. The van der Waals surface area contributed by atoms with Gasteiger partial charge in [-0.15, -0.1) is 13.2 Å². The zero-order valence-electron chi connectivity index (χ0n) is 11.5. The second-order valence-electron chi connectivity index (χ2n) is 5.14. The predicted octanol–water partition coefficient (Wildman–Crippen LogP) is 3.19. The maximum atomic E-state index is 12.1. The van der Waals surface area contributed by atoms with E-state index >= 15 is 0 Å². The van der Waals surface area contributed by atoms with E-state index < -0.39 is 6.36 Å². The number of alkyl halides is 3. The molecule has 1 aliphatic heterocycles. The van der Waals surface area contributed by atoms with Gasteiger partial charge >= 0.3 is 6.36 Å². The molecule has 2 atom stereocenters. The minimum absolute atomic E-state index is 0.173. The molecule has 20 heavy (non-hydrogen) atoms. The fourth-order valence-electron chi connectivity index (χ4n) is 2.47. The van der Waals surface area contributed by atoms with Crippen LogP contribution >= 0.6 is 0 Å². The number of hydrogen-bond donors (Lipinski definition) is 0. The number of halogens is 3. The van der Waals surface area contributed by atoms with E-state index in [9.17, 15) is 13.2 Å². The first-order valence-corrected chi connectivity index (χ1v) is 6.54. The van der Waals surface area contributed by atoms with Crippen molar-refractivity contribution in [3.63, 3.8) is 0 Å². The molecular weight excluding hydrogens is 271 g/mol. The topological polar surface area (TPSA) is 21.7 Å². The minimum atomic E-state index is -4.64. The Morgan fingerprint density at radius 2 is 1.70 bits per heavy atom. The Bertz CT molecular complexity index is 423. The highest BCUT2D eigenvalue weighted by atomic mass is 19.4. The fourth-order valence-corrected chi connectivity index (χ4v) is 2.47. The van der Waals surface area contributed by atoms with Gasteiger partial charge in [0, 0.05) is 19.6 Å². The van der Waals surface area contributed by atoms with Crippen molar-refractivity contribution >= 4 is 0 Å². The van der Waals surface area contributed by atoms with Crippen molar-refractivity contribution < 1.29 is 22.6 Å². The van der Waals surface area contributed by atoms with Gasteiger partial charge in [-0.05, 0) is 31.5 Å². The highest BCUT2D eigenvalue weighted by Crippen LogP contribution is 2.23. The van der Waals surface area contributed by atoms with Crippen molar-refractivity contribution in [3.05, 3.63) is 29.8 Å². The number of ether oxygens (including phenoxy) is 2. The van der Waals surface area contributed by atoms with Crippen molar-refractivity contribution in [2.45, 2.75) is 39.0 Å². The van der Waals surface area contributed by atoms with Crippen LogP contribution in [0.1, 0.15) is 19.4 Å². The molecule has 0 radical (unpaired) electrons. The van der Waals surface area contributed by atoms with Gasteiger partial charge in [-0.25, -0.2) is 0 Å². The lowest BCUT2D eigenvalue weighted by Crippen LogP contribution is -2.44. The molecule has 1 heterocycles. The van der Waals surface area contributed by atoms with Crippen LogP contribution in [0.2, 0.25) is 0 Å². The zero-order valence-corrected chi connectivity index (χ0v) is 11.5. The maximum Gasteiger partial charge on any atom is 0.573 e. The molecule has 1 saturated heterocycles. The molecule has 0 bridgehead atoms. The first-order chi connectivity index (χ1) is 9.32. The number of benzene rings is 1. The van der Waals surface area contributed by atoms with E-state index in [0.717, 1.165) is 18.7 Å². The molecule has 0 aromatic heterocycles. The van der Waals surface area contributed by atoms with Crippen LogP contribution in [-0.2, 0) is 11.3 Å². The minimum Gasteiger partial charge on any atom is -0.406 e. The van der Waals surface area contributed by atoms with Crippen LogP contribution in [-0.4, -0.2) is 36.6 Å². The summed E-state index contributed by atoms with van der Waals surface area (Å²) in [5.41, 5.74) is 0.959. The molecule has 0 aliphatic carbocycles. The molecule has 0 spiro atoms. The lowest BCUT2D eigenvalue weighted by Gasteiger charge is -2.35. The third-order valence-electron chi connectivity index (χ3n) is 3.06. The normalized spacial score (nSPS) is 24.6. The van der Waals surface area contributed by atoms with Gasteiger partial charge in [-0.1, -0.05) is 12.1 Å². The summed E-state index contributed by atoms with van der Waals surface area (Å²) in [5, 5.41) is 0. The van der Waals surface area contributed by atoms with Crippen LogP contribution in [0.3, 0.4) is 0 Å². The van der Waals surface area contributed by atoms with Crippen LogP contribution in [0.25, 0.3) is 0 Å². The third-order valence-corrected chi connectivity index (χ3v) is 3.06. The molecule has 1 aromatic carbocycles. The van der Waals surface area contributed by atoms with E-state index in [1.165, 1.54) is 12.1 Å². The molecule has 112 valence electrons. The fraction of sp³-hybridized carbons (Fsp3) is 0.571. The van der Waals surface area contributed by atoms with Gasteiger partial charge in [0.05, 0.1) is 12.2 Å². The van der Waals surface area contributed by atoms with Gasteiger partial charge in [-0.2, -0.15) is 0 Å². The van der Waals surface area contributed by atoms with Gasteiger partial charge in [0.1, 0.15) is 5.75 Å².